The van der Waals surface area contributed by atoms with Gasteiger partial charge in [-0.25, -0.2) is 13.2 Å². The average Bonchev–Trinajstić information content (AvgIpc) is 3.44. The van der Waals surface area contributed by atoms with Crippen LogP contribution in [0.4, 0.5) is 5.00 Å². The second-order valence-corrected chi connectivity index (χ2v) is 11.7. The molecular formula is C24H29N3O6S2. The number of nitrogens with one attached hydrogen (secondary N) is 1. The van der Waals surface area contributed by atoms with Gasteiger partial charge in [-0.3, -0.25) is 9.59 Å². The van der Waals surface area contributed by atoms with E-state index in [1.807, 2.05) is 6.92 Å². The number of hydrogen-bond donors (Lipinski definition) is 1. The first-order valence-electron chi connectivity index (χ1n) is 11.6. The van der Waals surface area contributed by atoms with E-state index < -0.39 is 27.9 Å². The molecule has 9 nitrogen and oxygen atoms in total. The second-order valence-electron chi connectivity index (χ2n) is 8.70. The Balaban J connectivity index is 1.62. The van der Waals surface area contributed by atoms with Crippen molar-refractivity contribution in [3.05, 3.63) is 45.8 Å². The Hall–Kier alpha value is -2.76. The van der Waals surface area contributed by atoms with E-state index in [1.165, 1.54) is 22.6 Å². The minimum absolute atomic E-state index is 0.0600. The van der Waals surface area contributed by atoms with Crippen LogP contribution in [-0.2, 0) is 37.3 Å². The van der Waals surface area contributed by atoms with Crippen molar-refractivity contribution in [2.45, 2.75) is 57.5 Å². The van der Waals surface area contributed by atoms with Gasteiger partial charge < -0.3 is 15.0 Å². The Morgan fingerprint density at radius 2 is 1.89 bits per heavy atom. The van der Waals surface area contributed by atoms with Gasteiger partial charge in [0.25, 0.3) is 0 Å². The van der Waals surface area contributed by atoms with Crippen molar-refractivity contribution in [1.82, 2.24) is 9.21 Å². The molecule has 1 fully saturated rings. The summed E-state index contributed by atoms with van der Waals surface area (Å²) in [6.07, 6.45) is 1.42. The zero-order chi connectivity index (χ0) is 25.3. The van der Waals surface area contributed by atoms with Crippen molar-refractivity contribution in [3.8, 4) is 0 Å². The molecule has 0 bridgehead atoms. The lowest BCUT2D eigenvalue weighted by atomic mass is 10.0. The van der Waals surface area contributed by atoms with Crippen LogP contribution in [0.1, 0.15) is 53.1 Å². The molecule has 11 heteroatoms. The maximum absolute atomic E-state index is 13.3. The van der Waals surface area contributed by atoms with Gasteiger partial charge in [0.15, 0.2) is 0 Å². The number of nitrogens with zero attached hydrogens (tertiary/aromatic N) is 2. The second kappa shape index (κ2) is 10.1. The van der Waals surface area contributed by atoms with Gasteiger partial charge >= 0.3 is 5.97 Å². The number of fused-ring (bicyclic) bond motifs is 1. The molecule has 4 rings (SSSR count). The summed E-state index contributed by atoms with van der Waals surface area (Å²) in [6.45, 7) is 6.34. The molecule has 0 saturated carbocycles. The summed E-state index contributed by atoms with van der Waals surface area (Å²) in [7, 11) is -3.86. The number of ether oxygens (including phenoxy) is 1. The van der Waals surface area contributed by atoms with E-state index in [-0.39, 0.29) is 24.0 Å². The van der Waals surface area contributed by atoms with Crippen molar-refractivity contribution >= 4 is 44.1 Å². The van der Waals surface area contributed by atoms with Gasteiger partial charge in [-0.2, -0.15) is 4.31 Å². The predicted octanol–water partition coefficient (Wildman–Crippen LogP) is 2.93. The lowest BCUT2D eigenvalue weighted by molar-refractivity contribution is -0.129. The zero-order valence-electron chi connectivity index (χ0n) is 20.0. The molecule has 1 aromatic carbocycles. The topological polar surface area (TPSA) is 113 Å². The third-order valence-electron chi connectivity index (χ3n) is 6.35. The maximum atomic E-state index is 13.3. The Kier molecular flexibility index (Phi) is 7.30. The van der Waals surface area contributed by atoms with Crippen LogP contribution in [0, 0.1) is 6.92 Å². The Morgan fingerprint density at radius 3 is 2.54 bits per heavy atom. The molecule has 2 aliphatic heterocycles. The normalized spacial score (nSPS) is 18.3. The number of hydrogen-bond acceptors (Lipinski definition) is 7. The number of carbonyl (C=O) groups excluding carboxylic acids is 3. The molecular weight excluding hydrogens is 490 g/mol. The van der Waals surface area contributed by atoms with Crippen LogP contribution in [0.25, 0.3) is 0 Å². The van der Waals surface area contributed by atoms with E-state index in [1.54, 1.807) is 36.1 Å². The molecule has 188 valence electrons. The zero-order valence-corrected chi connectivity index (χ0v) is 21.6. The van der Waals surface area contributed by atoms with Crippen molar-refractivity contribution in [2.75, 3.05) is 25.0 Å². The lowest BCUT2D eigenvalue weighted by Crippen LogP contribution is -2.43. The molecule has 3 heterocycles. The number of carbonyl (C=O) groups is 3. The van der Waals surface area contributed by atoms with E-state index in [0.717, 1.165) is 16.0 Å². The fraction of sp³-hybridized carbons (Fsp3) is 0.458. The quantitative estimate of drug-likeness (QED) is 0.587. The van der Waals surface area contributed by atoms with E-state index in [4.69, 9.17) is 4.74 Å². The van der Waals surface area contributed by atoms with Crippen LogP contribution in [0.3, 0.4) is 0 Å². The van der Waals surface area contributed by atoms with Crippen LogP contribution in [0.2, 0.25) is 0 Å². The van der Waals surface area contributed by atoms with Gasteiger partial charge in [0.1, 0.15) is 11.0 Å². The van der Waals surface area contributed by atoms with Gasteiger partial charge in [0.2, 0.25) is 21.8 Å². The van der Waals surface area contributed by atoms with E-state index in [9.17, 15) is 22.8 Å². The first kappa shape index (κ1) is 25.3. The summed E-state index contributed by atoms with van der Waals surface area (Å²) in [4.78, 5) is 40.7. The van der Waals surface area contributed by atoms with Gasteiger partial charge in [-0.05, 0) is 50.8 Å². The number of amides is 2. The third-order valence-corrected chi connectivity index (χ3v) is 9.41. The van der Waals surface area contributed by atoms with E-state index in [0.29, 0.717) is 42.9 Å². The number of benzene rings is 1. The fourth-order valence-corrected chi connectivity index (χ4v) is 7.42. The molecule has 0 radical (unpaired) electrons. The first-order chi connectivity index (χ1) is 16.6. The van der Waals surface area contributed by atoms with Crippen LogP contribution in [0.5, 0.6) is 0 Å². The van der Waals surface area contributed by atoms with Crippen LogP contribution < -0.4 is 5.32 Å². The molecule has 1 N–H and O–H groups in total. The summed E-state index contributed by atoms with van der Waals surface area (Å²) in [5.41, 5.74) is 2.02. The summed E-state index contributed by atoms with van der Waals surface area (Å²) >= 11 is 1.24. The molecule has 35 heavy (non-hydrogen) atoms. The highest BCUT2D eigenvalue weighted by atomic mass is 32.2. The van der Waals surface area contributed by atoms with Crippen molar-refractivity contribution in [3.63, 3.8) is 0 Å². The molecule has 2 aliphatic rings. The number of thiophene rings is 1. The van der Waals surface area contributed by atoms with Crippen molar-refractivity contribution in [2.24, 2.45) is 0 Å². The highest BCUT2D eigenvalue weighted by Gasteiger charge is 2.40. The van der Waals surface area contributed by atoms with Crippen LogP contribution in [0.15, 0.2) is 29.2 Å². The molecule has 1 saturated heterocycles. The van der Waals surface area contributed by atoms with Gasteiger partial charge in [0, 0.05) is 24.9 Å². The fourth-order valence-electron chi connectivity index (χ4n) is 4.51. The van der Waals surface area contributed by atoms with Crippen LogP contribution in [-0.4, -0.2) is 61.1 Å². The SMILES string of the molecule is CCOC(=O)c1c(NC(=O)C2CCCN2S(=O)(=O)c2ccc(C)cc2)sc2c1CCN(C(C)=O)C2. The molecule has 0 spiro atoms. The Labute approximate surface area is 209 Å². The maximum Gasteiger partial charge on any atom is 0.341 e. The standard InChI is InChI=1S/C24H29N3O6S2/c1-4-33-24(30)21-18-11-13-26(16(3)28)14-20(18)34-23(21)25-22(29)19-6-5-12-27(19)35(31,32)17-9-7-15(2)8-10-17/h7-10,19H,4-6,11-14H2,1-3H3,(H,25,29). The number of anilines is 1. The first-order valence-corrected chi connectivity index (χ1v) is 13.9. The molecule has 2 aromatic rings. The van der Waals surface area contributed by atoms with E-state index >= 15 is 0 Å². The molecule has 0 aliphatic carbocycles. The molecule has 1 atom stereocenters. The monoisotopic (exact) mass is 519 g/mol. The van der Waals surface area contributed by atoms with Crippen molar-refractivity contribution < 1.29 is 27.5 Å². The third kappa shape index (κ3) is 4.98. The number of esters is 1. The lowest BCUT2D eigenvalue weighted by Gasteiger charge is -2.25. The highest BCUT2D eigenvalue weighted by Crippen LogP contribution is 2.38. The molecule has 1 unspecified atom stereocenters. The van der Waals surface area contributed by atoms with Gasteiger partial charge in [0.05, 0.1) is 23.6 Å². The summed E-state index contributed by atoms with van der Waals surface area (Å²) in [6, 6.07) is 5.66. The van der Waals surface area contributed by atoms with Gasteiger partial charge in [-0.15, -0.1) is 11.3 Å². The summed E-state index contributed by atoms with van der Waals surface area (Å²) in [5, 5.41) is 3.16. The summed E-state index contributed by atoms with van der Waals surface area (Å²) < 4.78 is 33.0. The number of rotatable bonds is 6. The van der Waals surface area contributed by atoms with Gasteiger partial charge in [-0.1, -0.05) is 17.7 Å². The molecule has 1 aromatic heterocycles. The highest BCUT2D eigenvalue weighted by molar-refractivity contribution is 7.89. The van der Waals surface area contributed by atoms with Crippen LogP contribution >= 0.6 is 11.3 Å². The molecule has 2 amide bonds. The minimum Gasteiger partial charge on any atom is -0.462 e. The number of aryl methyl sites for hydroxylation is 1. The Morgan fingerprint density at radius 1 is 1.17 bits per heavy atom. The predicted molar refractivity (Wildman–Crippen MR) is 132 cm³/mol. The van der Waals surface area contributed by atoms with E-state index in [2.05, 4.69) is 5.32 Å². The Bertz CT molecular complexity index is 1250. The smallest absolute Gasteiger partial charge is 0.341 e. The number of sulfonamides is 1. The summed E-state index contributed by atoms with van der Waals surface area (Å²) in [5.74, 6) is -1.08. The minimum atomic E-state index is -3.86. The largest absolute Gasteiger partial charge is 0.462 e. The van der Waals surface area contributed by atoms with Crippen molar-refractivity contribution in [1.29, 1.82) is 0 Å². The average molecular weight is 520 g/mol.